The highest BCUT2D eigenvalue weighted by atomic mass is 32.1. The van der Waals surface area contributed by atoms with Gasteiger partial charge < -0.3 is 15.4 Å². The van der Waals surface area contributed by atoms with Crippen molar-refractivity contribution in [3.63, 3.8) is 0 Å². The highest BCUT2D eigenvalue weighted by Gasteiger charge is 2.34. The Bertz CT molecular complexity index is 328. The molecule has 0 aromatic carbocycles. The number of hydrogen-bond acceptors (Lipinski definition) is 5. The Hall–Kier alpha value is -0.810. The normalized spacial score (nSPS) is 27.1. The maximum Gasteiger partial charge on any atom is 0.187 e. The maximum atomic E-state index is 5.64. The molecule has 2 heterocycles. The van der Waals surface area contributed by atoms with Crippen molar-refractivity contribution in [3.05, 3.63) is 6.20 Å². The maximum absolute atomic E-state index is 5.64. The number of nitrogens with two attached hydrogens (primary N) is 1. The minimum Gasteiger partial charge on any atom is -0.389 e. The van der Waals surface area contributed by atoms with E-state index >= 15 is 0 Å². The van der Waals surface area contributed by atoms with Crippen molar-refractivity contribution >= 4 is 21.5 Å². The number of methoxy groups -OCH3 is 1. The van der Waals surface area contributed by atoms with Gasteiger partial charge in [0.15, 0.2) is 5.13 Å². The molecule has 0 bridgehead atoms. The zero-order valence-corrected chi connectivity index (χ0v) is 9.30. The van der Waals surface area contributed by atoms with Gasteiger partial charge in [0.1, 0.15) is 5.00 Å². The number of rotatable bonds is 2. The van der Waals surface area contributed by atoms with E-state index in [9.17, 15) is 0 Å². The van der Waals surface area contributed by atoms with Crippen molar-refractivity contribution in [3.8, 4) is 0 Å². The highest BCUT2D eigenvalue weighted by Crippen LogP contribution is 2.31. The summed E-state index contributed by atoms with van der Waals surface area (Å²) >= 11 is 1.53. The van der Waals surface area contributed by atoms with Gasteiger partial charge in [0, 0.05) is 20.2 Å². The number of ether oxygens (including phenoxy) is 1. The molecule has 1 unspecified atom stereocenters. The lowest BCUT2D eigenvalue weighted by Gasteiger charge is -2.22. The second-order valence-electron chi connectivity index (χ2n) is 3.87. The van der Waals surface area contributed by atoms with Crippen LogP contribution in [0.5, 0.6) is 0 Å². The lowest BCUT2D eigenvalue weighted by molar-refractivity contribution is 0.0257. The van der Waals surface area contributed by atoms with E-state index in [-0.39, 0.29) is 5.60 Å². The van der Waals surface area contributed by atoms with Gasteiger partial charge in [0.25, 0.3) is 0 Å². The number of thiazole rings is 1. The fraction of sp³-hybridized carbons (Fsp3) is 0.667. The van der Waals surface area contributed by atoms with E-state index in [1.807, 2.05) is 0 Å². The quantitative estimate of drug-likeness (QED) is 0.805. The molecule has 1 aromatic rings. The van der Waals surface area contributed by atoms with E-state index in [0.29, 0.717) is 0 Å². The van der Waals surface area contributed by atoms with E-state index in [0.717, 1.165) is 29.6 Å². The highest BCUT2D eigenvalue weighted by molar-refractivity contribution is 7.19. The smallest absolute Gasteiger partial charge is 0.187 e. The van der Waals surface area contributed by atoms with Crippen LogP contribution in [-0.4, -0.2) is 30.8 Å². The molecule has 5 heteroatoms. The van der Waals surface area contributed by atoms with E-state index in [1.165, 1.54) is 11.3 Å². The topological polar surface area (TPSA) is 51.4 Å². The fourth-order valence-electron chi connectivity index (χ4n) is 1.69. The Morgan fingerprint density at radius 3 is 3.00 bits per heavy atom. The molecule has 1 fully saturated rings. The Morgan fingerprint density at radius 2 is 2.50 bits per heavy atom. The molecule has 14 heavy (non-hydrogen) atoms. The summed E-state index contributed by atoms with van der Waals surface area (Å²) in [5, 5.41) is 1.77. The van der Waals surface area contributed by atoms with Gasteiger partial charge in [-0.25, -0.2) is 4.98 Å². The molecule has 0 radical (unpaired) electrons. The molecule has 4 nitrogen and oxygen atoms in total. The van der Waals surface area contributed by atoms with E-state index in [1.54, 1.807) is 13.3 Å². The van der Waals surface area contributed by atoms with Crippen LogP contribution in [0, 0.1) is 0 Å². The summed E-state index contributed by atoms with van der Waals surface area (Å²) < 4.78 is 5.46. The van der Waals surface area contributed by atoms with Crippen molar-refractivity contribution in [1.29, 1.82) is 0 Å². The first-order valence-electron chi connectivity index (χ1n) is 4.64. The Labute approximate surface area is 87.7 Å². The van der Waals surface area contributed by atoms with Gasteiger partial charge in [-0.15, -0.1) is 0 Å². The third-order valence-corrected chi connectivity index (χ3v) is 3.60. The summed E-state index contributed by atoms with van der Waals surface area (Å²) in [6.07, 6.45) is 2.76. The molecule has 2 rings (SSSR count). The third kappa shape index (κ3) is 1.69. The molecule has 0 spiro atoms. The van der Waals surface area contributed by atoms with Crippen LogP contribution in [0.15, 0.2) is 6.20 Å². The number of anilines is 2. The second kappa shape index (κ2) is 3.40. The summed E-state index contributed by atoms with van der Waals surface area (Å²) in [6, 6.07) is 0. The monoisotopic (exact) mass is 213 g/mol. The number of aromatic nitrogens is 1. The Kier molecular flexibility index (Phi) is 2.36. The number of nitrogen functional groups attached to an aromatic ring is 1. The Balaban J connectivity index is 2.09. The molecule has 2 N–H and O–H groups in total. The van der Waals surface area contributed by atoms with Crippen LogP contribution in [0.2, 0.25) is 0 Å². The van der Waals surface area contributed by atoms with Crippen molar-refractivity contribution in [1.82, 2.24) is 4.98 Å². The van der Waals surface area contributed by atoms with Gasteiger partial charge in [0.2, 0.25) is 0 Å². The zero-order valence-electron chi connectivity index (χ0n) is 8.49. The lowest BCUT2D eigenvalue weighted by Crippen LogP contribution is -2.31. The average Bonchev–Trinajstić information content (AvgIpc) is 2.73. The van der Waals surface area contributed by atoms with Gasteiger partial charge in [-0.2, -0.15) is 0 Å². The molecule has 0 saturated carbocycles. The average molecular weight is 213 g/mol. The first-order valence-corrected chi connectivity index (χ1v) is 5.46. The molecule has 0 aliphatic carbocycles. The van der Waals surface area contributed by atoms with E-state index in [4.69, 9.17) is 10.5 Å². The van der Waals surface area contributed by atoms with Crippen LogP contribution in [-0.2, 0) is 4.74 Å². The molecular formula is C9H15N3OS. The summed E-state index contributed by atoms with van der Waals surface area (Å²) in [7, 11) is 1.76. The third-order valence-electron chi connectivity index (χ3n) is 2.71. The molecule has 1 aromatic heterocycles. The standard InChI is InChI=1S/C9H15N3OS/c1-9(13-2)3-4-12(6-9)8-11-5-7(10)14-8/h5H,3-4,6,10H2,1-2H3. The van der Waals surface area contributed by atoms with Crippen LogP contribution in [0.3, 0.4) is 0 Å². The van der Waals surface area contributed by atoms with E-state index < -0.39 is 0 Å². The SMILES string of the molecule is COC1(C)CCN(c2ncc(N)s2)C1. The minimum atomic E-state index is -0.0273. The van der Waals surface area contributed by atoms with E-state index in [2.05, 4.69) is 16.8 Å². The Morgan fingerprint density at radius 1 is 1.71 bits per heavy atom. The second-order valence-corrected chi connectivity index (χ2v) is 4.91. The zero-order chi connectivity index (χ0) is 10.2. The lowest BCUT2D eigenvalue weighted by atomic mass is 10.1. The van der Waals surface area contributed by atoms with Crippen molar-refractivity contribution in [2.24, 2.45) is 0 Å². The van der Waals surface area contributed by atoms with Crippen molar-refractivity contribution in [2.45, 2.75) is 18.9 Å². The fourth-order valence-corrected chi connectivity index (χ4v) is 2.39. The number of hydrogen-bond donors (Lipinski definition) is 1. The van der Waals surface area contributed by atoms with Gasteiger partial charge in [-0.3, -0.25) is 0 Å². The molecule has 1 atom stereocenters. The predicted molar refractivity (Wildman–Crippen MR) is 58.8 cm³/mol. The van der Waals surface area contributed by atoms with Crippen LogP contribution >= 0.6 is 11.3 Å². The molecule has 1 saturated heterocycles. The summed E-state index contributed by atoms with van der Waals surface area (Å²) in [4.78, 5) is 6.49. The molecule has 78 valence electrons. The summed E-state index contributed by atoms with van der Waals surface area (Å²) in [5.74, 6) is 0. The largest absolute Gasteiger partial charge is 0.389 e. The first-order chi connectivity index (χ1) is 6.63. The van der Waals surface area contributed by atoms with Crippen LogP contribution in [0.1, 0.15) is 13.3 Å². The minimum absolute atomic E-state index is 0.0273. The summed E-state index contributed by atoms with van der Waals surface area (Å²) in [5.41, 5.74) is 5.62. The van der Waals surface area contributed by atoms with Crippen molar-refractivity contribution in [2.75, 3.05) is 30.8 Å². The van der Waals surface area contributed by atoms with Crippen molar-refractivity contribution < 1.29 is 4.74 Å². The van der Waals surface area contributed by atoms with Crippen LogP contribution in [0.25, 0.3) is 0 Å². The van der Waals surface area contributed by atoms with Gasteiger partial charge in [0.05, 0.1) is 11.8 Å². The molecule has 1 aliphatic heterocycles. The summed E-state index contributed by atoms with van der Waals surface area (Å²) in [6.45, 7) is 4.03. The van der Waals surface area contributed by atoms with Gasteiger partial charge in [-0.05, 0) is 13.3 Å². The van der Waals surface area contributed by atoms with Gasteiger partial charge in [-0.1, -0.05) is 11.3 Å². The van der Waals surface area contributed by atoms with Crippen LogP contribution in [0.4, 0.5) is 10.1 Å². The van der Waals surface area contributed by atoms with Gasteiger partial charge >= 0.3 is 0 Å². The molecular weight excluding hydrogens is 198 g/mol. The molecule has 0 amide bonds. The van der Waals surface area contributed by atoms with Crippen LogP contribution < -0.4 is 10.6 Å². The number of nitrogens with zero attached hydrogens (tertiary/aromatic N) is 2. The molecule has 1 aliphatic rings. The first kappa shape index (κ1) is 9.73. The predicted octanol–water partition coefficient (Wildman–Crippen LogP) is 1.34.